The van der Waals surface area contributed by atoms with Crippen molar-refractivity contribution in [1.82, 2.24) is 10.2 Å². The van der Waals surface area contributed by atoms with E-state index in [1.54, 1.807) is 11.3 Å². The molecule has 1 N–H and O–H groups in total. The molecule has 5 heteroatoms. The quantitative estimate of drug-likeness (QED) is 0.651. The Labute approximate surface area is 181 Å². The van der Waals surface area contributed by atoms with E-state index >= 15 is 0 Å². The second-order valence-electron chi connectivity index (χ2n) is 7.68. The maximum absolute atomic E-state index is 13.5. The maximum atomic E-state index is 13.5. The van der Waals surface area contributed by atoms with Crippen LogP contribution in [0.3, 0.4) is 0 Å². The van der Waals surface area contributed by atoms with E-state index in [1.807, 2.05) is 83.1 Å². The third kappa shape index (κ3) is 4.97. The van der Waals surface area contributed by atoms with Crippen LogP contribution in [0.2, 0.25) is 0 Å². The monoisotopic (exact) mass is 418 g/mol. The zero-order chi connectivity index (χ0) is 20.8. The highest BCUT2D eigenvalue weighted by atomic mass is 32.1. The Morgan fingerprint density at radius 1 is 0.900 bits per heavy atom. The van der Waals surface area contributed by atoms with Crippen molar-refractivity contribution in [2.75, 3.05) is 13.1 Å². The standard InChI is InChI=1S/C25H26N2O2S/c28-23(18-22-12-7-17-30-22)26-21-13-15-27(16-14-21)25(29)24(19-8-3-1-4-9-19)20-10-5-2-6-11-20/h1-12,17,21,24H,13-16,18H2,(H,26,28). The highest BCUT2D eigenvalue weighted by molar-refractivity contribution is 7.10. The smallest absolute Gasteiger partial charge is 0.234 e. The summed E-state index contributed by atoms with van der Waals surface area (Å²) in [5.41, 5.74) is 2.03. The lowest BCUT2D eigenvalue weighted by molar-refractivity contribution is -0.133. The lowest BCUT2D eigenvalue weighted by Gasteiger charge is -2.35. The first kappa shape index (κ1) is 20.4. The number of thiophene rings is 1. The zero-order valence-electron chi connectivity index (χ0n) is 16.9. The van der Waals surface area contributed by atoms with Gasteiger partial charge in [0.2, 0.25) is 11.8 Å². The summed E-state index contributed by atoms with van der Waals surface area (Å²) in [6.07, 6.45) is 2.01. The topological polar surface area (TPSA) is 49.4 Å². The molecule has 1 aliphatic heterocycles. The van der Waals surface area contributed by atoms with Gasteiger partial charge in [-0.3, -0.25) is 9.59 Å². The molecule has 0 saturated carbocycles. The number of rotatable bonds is 6. The highest BCUT2D eigenvalue weighted by Gasteiger charge is 2.30. The van der Waals surface area contributed by atoms with E-state index in [2.05, 4.69) is 5.32 Å². The van der Waals surface area contributed by atoms with Crippen LogP contribution in [-0.4, -0.2) is 35.8 Å². The van der Waals surface area contributed by atoms with E-state index in [0.29, 0.717) is 19.5 Å². The minimum atomic E-state index is -0.294. The maximum Gasteiger partial charge on any atom is 0.234 e. The minimum absolute atomic E-state index is 0.0636. The first-order valence-corrected chi connectivity index (χ1v) is 11.3. The molecule has 2 aromatic carbocycles. The van der Waals surface area contributed by atoms with Crippen LogP contribution in [0, 0.1) is 0 Å². The summed E-state index contributed by atoms with van der Waals surface area (Å²) in [5, 5.41) is 5.13. The summed E-state index contributed by atoms with van der Waals surface area (Å²) < 4.78 is 0. The Balaban J connectivity index is 1.39. The number of hydrogen-bond acceptors (Lipinski definition) is 3. The van der Waals surface area contributed by atoms with Gasteiger partial charge in [-0.15, -0.1) is 11.3 Å². The van der Waals surface area contributed by atoms with Crippen LogP contribution in [0.25, 0.3) is 0 Å². The molecule has 1 aromatic heterocycles. The average molecular weight is 419 g/mol. The van der Waals surface area contributed by atoms with Crippen molar-refractivity contribution >= 4 is 23.2 Å². The Hall–Kier alpha value is -2.92. The molecule has 2 amide bonds. The first-order valence-electron chi connectivity index (χ1n) is 10.4. The molecule has 1 fully saturated rings. The molecule has 0 radical (unpaired) electrons. The number of nitrogens with zero attached hydrogens (tertiary/aromatic N) is 1. The predicted octanol–water partition coefficient (Wildman–Crippen LogP) is 4.23. The number of carbonyl (C=O) groups excluding carboxylic acids is 2. The van der Waals surface area contributed by atoms with Crippen LogP contribution < -0.4 is 5.32 Å². The number of amides is 2. The largest absolute Gasteiger partial charge is 0.353 e. The molecule has 4 nitrogen and oxygen atoms in total. The van der Waals surface area contributed by atoms with Crippen molar-refractivity contribution in [3.05, 3.63) is 94.2 Å². The van der Waals surface area contributed by atoms with E-state index in [0.717, 1.165) is 28.8 Å². The van der Waals surface area contributed by atoms with Gasteiger partial charge < -0.3 is 10.2 Å². The van der Waals surface area contributed by atoms with Crippen molar-refractivity contribution in [2.45, 2.75) is 31.2 Å². The summed E-state index contributed by atoms with van der Waals surface area (Å²) in [5.74, 6) is -0.0956. The van der Waals surface area contributed by atoms with Crippen molar-refractivity contribution in [2.24, 2.45) is 0 Å². The van der Waals surface area contributed by atoms with Crippen molar-refractivity contribution < 1.29 is 9.59 Å². The molecule has 0 spiro atoms. The lowest BCUT2D eigenvalue weighted by Crippen LogP contribution is -2.48. The van der Waals surface area contributed by atoms with Gasteiger partial charge >= 0.3 is 0 Å². The molecular weight excluding hydrogens is 392 g/mol. The molecular formula is C25H26N2O2S. The molecule has 0 atom stereocenters. The molecule has 0 unspecified atom stereocenters. The van der Waals surface area contributed by atoms with Crippen LogP contribution in [0.4, 0.5) is 0 Å². The fourth-order valence-corrected chi connectivity index (χ4v) is 4.75. The van der Waals surface area contributed by atoms with Crippen molar-refractivity contribution in [3.8, 4) is 0 Å². The van der Waals surface area contributed by atoms with E-state index < -0.39 is 0 Å². The zero-order valence-corrected chi connectivity index (χ0v) is 17.7. The first-order chi connectivity index (χ1) is 14.7. The van der Waals surface area contributed by atoms with Gasteiger partial charge in [-0.2, -0.15) is 0 Å². The van der Waals surface area contributed by atoms with Crippen LogP contribution >= 0.6 is 11.3 Å². The van der Waals surface area contributed by atoms with Crippen LogP contribution in [0.1, 0.15) is 34.8 Å². The number of hydrogen-bond donors (Lipinski definition) is 1. The second kappa shape index (κ2) is 9.72. The fraction of sp³-hybridized carbons (Fsp3) is 0.280. The van der Waals surface area contributed by atoms with Gasteiger partial charge in [-0.05, 0) is 35.4 Å². The normalized spacial score (nSPS) is 14.6. The van der Waals surface area contributed by atoms with Crippen LogP contribution in [-0.2, 0) is 16.0 Å². The number of likely N-dealkylation sites (tertiary alicyclic amines) is 1. The van der Waals surface area contributed by atoms with Gasteiger partial charge in [0.1, 0.15) is 0 Å². The van der Waals surface area contributed by atoms with Crippen LogP contribution in [0.5, 0.6) is 0 Å². The Morgan fingerprint density at radius 2 is 1.50 bits per heavy atom. The van der Waals surface area contributed by atoms with Crippen molar-refractivity contribution in [1.29, 1.82) is 0 Å². The van der Waals surface area contributed by atoms with Gasteiger partial charge in [0.25, 0.3) is 0 Å². The van der Waals surface area contributed by atoms with Gasteiger partial charge in [-0.1, -0.05) is 66.7 Å². The molecule has 0 aliphatic carbocycles. The van der Waals surface area contributed by atoms with E-state index in [1.165, 1.54) is 0 Å². The summed E-state index contributed by atoms with van der Waals surface area (Å²) in [4.78, 5) is 28.8. The fourth-order valence-electron chi connectivity index (χ4n) is 4.05. The second-order valence-corrected chi connectivity index (χ2v) is 8.71. The molecule has 4 rings (SSSR count). The number of benzene rings is 2. The summed E-state index contributed by atoms with van der Waals surface area (Å²) in [6, 6.07) is 24.0. The average Bonchev–Trinajstić information content (AvgIpc) is 3.29. The van der Waals surface area contributed by atoms with E-state index in [-0.39, 0.29) is 23.8 Å². The van der Waals surface area contributed by atoms with Gasteiger partial charge in [0.05, 0.1) is 12.3 Å². The summed E-state index contributed by atoms with van der Waals surface area (Å²) >= 11 is 1.60. The van der Waals surface area contributed by atoms with Gasteiger partial charge in [-0.25, -0.2) is 0 Å². The minimum Gasteiger partial charge on any atom is -0.353 e. The Morgan fingerprint density at radius 3 is 2.03 bits per heavy atom. The third-order valence-electron chi connectivity index (χ3n) is 5.60. The SMILES string of the molecule is O=C(Cc1cccs1)NC1CCN(C(=O)C(c2ccccc2)c2ccccc2)CC1. The van der Waals surface area contributed by atoms with E-state index in [9.17, 15) is 9.59 Å². The highest BCUT2D eigenvalue weighted by Crippen LogP contribution is 2.28. The lowest BCUT2D eigenvalue weighted by atomic mass is 9.89. The molecule has 3 aromatic rings. The Bertz CT molecular complexity index is 910. The molecule has 2 heterocycles. The van der Waals surface area contributed by atoms with Crippen molar-refractivity contribution in [3.63, 3.8) is 0 Å². The van der Waals surface area contributed by atoms with Gasteiger partial charge in [0.15, 0.2) is 0 Å². The summed E-state index contributed by atoms with van der Waals surface area (Å²) in [6.45, 7) is 1.33. The van der Waals surface area contributed by atoms with Gasteiger partial charge in [0, 0.05) is 24.0 Å². The molecule has 0 bridgehead atoms. The molecule has 30 heavy (non-hydrogen) atoms. The molecule has 1 saturated heterocycles. The molecule has 154 valence electrons. The summed E-state index contributed by atoms with van der Waals surface area (Å²) in [7, 11) is 0. The predicted molar refractivity (Wildman–Crippen MR) is 120 cm³/mol. The Kier molecular flexibility index (Phi) is 6.60. The van der Waals surface area contributed by atoms with E-state index in [4.69, 9.17) is 0 Å². The molecule has 1 aliphatic rings. The number of nitrogens with one attached hydrogen (secondary N) is 1. The third-order valence-corrected chi connectivity index (χ3v) is 6.48. The van der Waals surface area contributed by atoms with Crippen LogP contribution in [0.15, 0.2) is 78.2 Å². The number of piperidine rings is 1. The number of carbonyl (C=O) groups is 2.